The van der Waals surface area contributed by atoms with Crippen LogP contribution in [0.4, 0.5) is 0 Å². The molecule has 2 aromatic carbocycles. The van der Waals surface area contributed by atoms with E-state index < -0.39 is 0 Å². The van der Waals surface area contributed by atoms with Gasteiger partial charge in [0.05, 0.1) is 11.1 Å². The fraction of sp³-hybridized carbons (Fsp3) is 0.111. The van der Waals surface area contributed by atoms with Gasteiger partial charge in [-0.3, -0.25) is 9.78 Å². The van der Waals surface area contributed by atoms with Gasteiger partial charge in [-0.15, -0.1) is 11.8 Å². The van der Waals surface area contributed by atoms with Crippen LogP contribution < -0.4 is 5.32 Å². The van der Waals surface area contributed by atoms with Gasteiger partial charge in [-0.1, -0.05) is 29.8 Å². The van der Waals surface area contributed by atoms with Crippen molar-refractivity contribution in [2.75, 3.05) is 12.3 Å². The number of halogens is 1. The van der Waals surface area contributed by atoms with Gasteiger partial charge in [0.2, 0.25) is 0 Å². The molecule has 0 atom stereocenters. The highest BCUT2D eigenvalue weighted by Crippen LogP contribution is 2.20. The van der Waals surface area contributed by atoms with Crippen LogP contribution in [0, 0.1) is 0 Å². The Bertz CT molecular complexity index is 815. The second kappa shape index (κ2) is 7.49. The quantitative estimate of drug-likeness (QED) is 0.551. The van der Waals surface area contributed by atoms with Crippen LogP contribution >= 0.6 is 23.4 Å². The average molecular weight is 343 g/mol. The van der Waals surface area contributed by atoms with Crippen molar-refractivity contribution in [2.24, 2.45) is 0 Å². The van der Waals surface area contributed by atoms with E-state index in [-0.39, 0.29) is 5.91 Å². The van der Waals surface area contributed by atoms with Crippen LogP contribution in [0.25, 0.3) is 10.9 Å². The molecule has 0 saturated heterocycles. The molecule has 1 N–H and O–H groups in total. The molecular weight excluding hydrogens is 328 g/mol. The summed E-state index contributed by atoms with van der Waals surface area (Å²) in [5.74, 6) is 0.706. The van der Waals surface area contributed by atoms with Crippen LogP contribution in [0.2, 0.25) is 5.02 Å². The normalized spacial score (nSPS) is 10.7. The molecule has 3 aromatic rings. The van der Waals surface area contributed by atoms with Crippen molar-refractivity contribution in [1.29, 1.82) is 0 Å². The van der Waals surface area contributed by atoms with Gasteiger partial charge in [-0.05, 0) is 36.4 Å². The molecule has 0 aliphatic heterocycles. The number of aromatic nitrogens is 1. The van der Waals surface area contributed by atoms with E-state index in [0.29, 0.717) is 12.1 Å². The number of hydrogen-bond donors (Lipinski definition) is 1. The Balaban J connectivity index is 1.57. The summed E-state index contributed by atoms with van der Waals surface area (Å²) in [5.41, 5.74) is 1.34. The lowest BCUT2D eigenvalue weighted by Gasteiger charge is -2.07. The summed E-state index contributed by atoms with van der Waals surface area (Å²) in [6, 6.07) is 17.1. The number of fused-ring (bicyclic) bond motifs is 1. The van der Waals surface area contributed by atoms with Crippen molar-refractivity contribution in [3.8, 4) is 0 Å². The lowest BCUT2D eigenvalue weighted by Crippen LogP contribution is -2.26. The molecule has 1 aromatic heterocycles. The number of para-hydroxylation sites is 1. The number of nitrogens with zero attached hydrogens (tertiary/aromatic N) is 1. The molecule has 0 radical (unpaired) electrons. The summed E-state index contributed by atoms with van der Waals surface area (Å²) < 4.78 is 0. The minimum Gasteiger partial charge on any atom is -0.351 e. The van der Waals surface area contributed by atoms with Gasteiger partial charge >= 0.3 is 0 Å². The molecule has 0 saturated carbocycles. The van der Waals surface area contributed by atoms with E-state index >= 15 is 0 Å². The molecule has 5 heteroatoms. The molecule has 0 bridgehead atoms. The first-order valence-corrected chi connectivity index (χ1v) is 8.61. The number of benzene rings is 2. The SMILES string of the molecule is O=C(NCCSc1ccc(Cl)cc1)c1cccc2cccnc12. The second-order valence-corrected chi connectivity index (χ2v) is 6.54. The Kier molecular flexibility index (Phi) is 5.16. The molecule has 116 valence electrons. The number of nitrogens with one attached hydrogen (secondary N) is 1. The Hall–Kier alpha value is -2.04. The van der Waals surface area contributed by atoms with Gasteiger partial charge in [-0.2, -0.15) is 0 Å². The van der Waals surface area contributed by atoms with Crippen LogP contribution in [-0.4, -0.2) is 23.2 Å². The molecule has 1 amide bonds. The molecule has 0 unspecified atom stereocenters. The van der Waals surface area contributed by atoms with E-state index in [4.69, 9.17) is 11.6 Å². The first kappa shape index (κ1) is 15.8. The van der Waals surface area contributed by atoms with Crippen LogP contribution in [0.3, 0.4) is 0 Å². The van der Waals surface area contributed by atoms with Gasteiger partial charge < -0.3 is 5.32 Å². The van der Waals surface area contributed by atoms with Crippen molar-refractivity contribution in [2.45, 2.75) is 4.90 Å². The van der Waals surface area contributed by atoms with Crippen LogP contribution in [0.15, 0.2) is 65.7 Å². The van der Waals surface area contributed by atoms with Crippen LogP contribution in [0.1, 0.15) is 10.4 Å². The lowest BCUT2D eigenvalue weighted by molar-refractivity contribution is 0.0957. The maximum Gasteiger partial charge on any atom is 0.253 e. The van der Waals surface area contributed by atoms with Gasteiger partial charge in [0, 0.05) is 33.8 Å². The summed E-state index contributed by atoms with van der Waals surface area (Å²) in [7, 11) is 0. The number of pyridine rings is 1. The number of hydrogen-bond acceptors (Lipinski definition) is 3. The third-order valence-electron chi connectivity index (χ3n) is 3.35. The molecule has 0 aliphatic rings. The van der Waals surface area contributed by atoms with Gasteiger partial charge in [0.1, 0.15) is 0 Å². The smallest absolute Gasteiger partial charge is 0.253 e. The number of carbonyl (C=O) groups excluding carboxylic acids is 1. The maximum atomic E-state index is 12.3. The number of amides is 1. The zero-order valence-corrected chi connectivity index (χ0v) is 13.9. The summed E-state index contributed by atoms with van der Waals surface area (Å²) in [6.07, 6.45) is 1.70. The molecule has 3 nitrogen and oxygen atoms in total. The topological polar surface area (TPSA) is 42.0 Å². The van der Waals surface area contributed by atoms with Crippen molar-refractivity contribution >= 4 is 40.2 Å². The molecule has 0 spiro atoms. The lowest BCUT2D eigenvalue weighted by atomic mass is 10.1. The number of thioether (sulfide) groups is 1. The largest absolute Gasteiger partial charge is 0.351 e. The zero-order chi connectivity index (χ0) is 16.1. The van der Waals surface area contributed by atoms with Crippen molar-refractivity contribution < 1.29 is 4.79 Å². The number of carbonyl (C=O) groups is 1. The van der Waals surface area contributed by atoms with Gasteiger partial charge in [-0.25, -0.2) is 0 Å². The summed E-state index contributed by atoms with van der Waals surface area (Å²) in [6.45, 7) is 0.593. The van der Waals surface area contributed by atoms with Crippen LogP contribution in [-0.2, 0) is 0 Å². The van der Waals surface area contributed by atoms with E-state index in [1.165, 1.54) is 0 Å². The molecule has 23 heavy (non-hydrogen) atoms. The first-order chi connectivity index (χ1) is 11.2. The predicted molar refractivity (Wildman–Crippen MR) is 96.3 cm³/mol. The minimum atomic E-state index is -0.0917. The standard InChI is InChI=1S/C18H15ClN2OS/c19-14-6-8-15(9-7-14)23-12-11-21-18(22)16-5-1-3-13-4-2-10-20-17(13)16/h1-10H,11-12H2,(H,21,22). The first-order valence-electron chi connectivity index (χ1n) is 7.24. The number of rotatable bonds is 5. The molecule has 3 rings (SSSR count). The third-order valence-corrected chi connectivity index (χ3v) is 4.61. The third kappa shape index (κ3) is 4.03. The summed E-state index contributed by atoms with van der Waals surface area (Å²) in [5, 5.41) is 4.64. The van der Waals surface area contributed by atoms with E-state index in [0.717, 1.165) is 26.6 Å². The van der Waals surface area contributed by atoms with E-state index in [2.05, 4.69) is 10.3 Å². The second-order valence-electron chi connectivity index (χ2n) is 4.94. The van der Waals surface area contributed by atoms with E-state index in [9.17, 15) is 4.79 Å². The highest BCUT2D eigenvalue weighted by molar-refractivity contribution is 7.99. The fourth-order valence-electron chi connectivity index (χ4n) is 2.25. The van der Waals surface area contributed by atoms with Crippen LogP contribution in [0.5, 0.6) is 0 Å². The molecule has 0 fully saturated rings. The van der Waals surface area contributed by atoms with Crippen molar-refractivity contribution in [1.82, 2.24) is 10.3 Å². The highest BCUT2D eigenvalue weighted by Gasteiger charge is 2.09. The molecule has 1 heterocycles. The molecule has 0 aliphatic carbocycles. The monoisotopic (exact) mass is 342 g/mol. The van der Waals surface area contributed by atoms with E-state index in [1.807, 2.05) is 48.5 Å². The summed E-state index contributed by atoms with van der Waals surface area (Å²) in [4.78, 5) is 17.8. The van der Waals surface area contributed by atoms with Crippen molar-refractivity contribution in [3.63, 3.8) is 0 Å². The zero-order valence-electron chi connectivity index (χ0n) is 12.3. The average Bonchev–Trinajstić information content (AvgIpc) is 2.59. The highest BCUT2D eigenvalue weighted by atomic mass is 35.5. The van der Waals surface area contributed by atoms with Crippen molar-refractivity contribution in [3.05, 3.63) is 71.4 Å². The summed E-state index contributed by atoms with van der Waals surface area (Å²) >= 11 is 7.54. The minimum absolute atomic E-state index is 0.0917. The maximum absolute atomic E-state index is 12.3. The van der Waals surface area contributed by atoms with E-state index in [1.54, 1.807) is 24.0 Å². The Morgan fingerprint density at radius 3 is 2.70 bits per heavy atom. The van der Waals surface area contributed by atoms with Gasteiger partial charge in [0.15, 0.2) is 0 Å². The Morgan fingerprint density at radius 1 is 1.09 bits per heavy atom. The predicted octanol–water partition coefficient (Wildman–Crippen LogP) is 4.41. The Labute approximate surface area is 144 Å². The Morgan fingerprint density at radius 2 is 1.87 bits per heavy atom. The van der Waals surface area contributed by atoms with Gasteiger partial charge in [0.25, 0.3) is 5.91 Å². The molecular formula is C18H15ClN2OS. The fourth-order valence-corrected chi connectivity index (χ4v) is 3.14.